The molecule has 1 rings (SSSR count). The van der Waals surface area contributed by atoms with Gasteiger partial charge in [0.25, 0.3) is 0 Å². The van der Waals surface area contributed by atoms with Gasteiger partial charge in [-0.25, -0.2) is 13.8 Å². The Bertz CT molecular complexity index is 292. The minimum atomic E-state index is -4.95. The Morgan fingerprint density at radius 2 is 1.75 bits per heavy atom. The van der Waals surface area contributed by atoms with E-state index in [2.05, 4.69) is 4.98 Å². The van der Waals surface area contributed by atoms with Gasteiger partial charge < -0.3 is 0 Å². The van der Waals surface area contributed by atoms with Crippen LogP contribution in [-0.2, 0) is 6.18 Å². The minimum absolute atomic E-state index is 0.518. The van der Waals surface area contributed by atoms with E-state index in [0.29, 0.717) is 12.3 Å². The molecule has 6 heteroatoms. The lowest BCUT2D eigenvalue weighted by molar-refractivity contribution is -0.144. The number of pyridine rings is 1. The molecule has 0 radical (unpaired) electrons. The van der Waals surface area contributed by atoms with Gasteiger partial charge in [0.1, 0.15) is 0 Å². The van der Waals surface area contributed by atoms with Gasteiger partial charge in [-0.3, -0.25) is 0 Å². The molecule has 66 valence electrons. The predicted octanol–water partition coefficient (Wildman–Crippen LogP) is 2.38. The van der Waals surface area contributed by atoms with Crippen LogP contribution in [-0.4, -0.2) is 4.98 Å². The summed E-state index contributed by atoms with van der Waals surface area (Å²) in [5.74, 6) is -3.53. The minimum Gasteiger partial charge on any atom is -0.249 e. The summed E-state index contributed by atoms with van der Waals surface area (Å²) in [4.78, 5) is 2.67. The molecular formula is C6H2F5N. The molecule has 0 aromatic carbocycles. The van der Waals surface area contributed by atoms with Gasteiger partial charge in [0.15, 0.2) is 17.3 Å². The fourth-order valence-corrected chi connectivity index (χ4v) is 0.618. The van der Waals surface area contributed by atoms with E-state index >= 15 is 0 Å². The first-order chi connectivity index (χ1) is 5.43. The normalized spacial score (nSPS) is 11.8. The van der Waals surface area contributed by atoms with E-state index in [1.165, 1.54) is 0 Å². The van der Waals surface area contributed by atoms with Gasteiger partial charge >= 0.3 is 6.18 Å². The van der Waals surface area contributed by atoms with Crippen molar-refractivity contribution >= 4 is 0 Å². The van der Waals surface area contributed by atoms with Gasteiger partial charge in [0.05, 0.1) is 0 Å². The number of hydrogen-bond acceptors (Lipinski definition) is 1. The van der Waals surface area contributed by atoms with Crippen LogP contribution in [0.3, 0.4) is 0 Å². The highest BCUT2D eigenvalue weighted by atomic mass is 19.4. The van der Waals surface area contributed by atoms with Crippen LogP contribution in [0.2, 0.25) is 0 Å². The van der Waals surface area contributed by atoms with Crippen LogP contribution in [0.5, 0.6) is 0 Å². The third kappa shape index (κ3) is 1.51. The van der Waals surface area contributed by atoms with Crippen molar-refractivity contribution in [1.82, 2.24) is 4.98 Å². The summed E-state index contributed by atoms with van der Waals surface area (Å²) in [7, 11) is 0. The van der Waals surface area contributed by atoms with Gasteiger partial charge in [-0.2, -0.15) is 13.2 Å². The van der Waals surface area contributed by atoms with E-state index in [9.17, 15) is 22.0 Å². The molecule has 0 bridgehead atoms. The monoisotopic (exact) mass is 183 g/mol. The van der Waals surface area contributed by atoms with E-state index in [1.807, 2.05) is 0 Å². The molecule has 1 nitrogen and oxygen atoms in total. The van der Waals surface area contributed by atoms with E-state index < -0.39 is 23.5 Å². The molecule has 0 N–H and O–H groups in total. The smallest absolute Gasteiger partial charge is 0.249 e. The highest BCUT2D eigenvalue weighted by Crippen LogP contribution is 2.29. The van der Waals surface area contributed by atoms with Crippen molar-refractivity contribution in [3.63, 3.8) is 0 Å². The molecule has 0 spiro atoms. The summed E-state index contributed by atoms with van der Waals surface area (Å²) in [5, 5.41) is 0. The Morgan fingerprint density at radius 3 is 2.17 bits per heavy atom. The molecule has 0 saturated heterocycles. The van der Waals surface area contributed by atoms with Crippen molar-refractivity contribution in [2.24, 2.45) is 0 Å². The zero-order chi connectivity index (χ0) is 9.35. The van der Waals surface area contributed by atoms with Crippen LogP contribution in [0.4, 0.5) is 22.0 Å². The van der Waals surface area contributed by atoms with Crippen LogP contribution in [0.15, 0.2) is 12.3 Å². The van der Waals surface area contributed by atoms with E-state index in [-0.39, 0.29) is 0 Å². The fraction of sp³-hybridized carbons (Fsp3) is 0.167. The summed E-state index contributed by atoms with van der Waals surface area (Å²) in [5.41, 5.74) is -1.83. The van der Waals surface area contributed by atoms with Crippen LogP contribution < -0.4 is 0 Å². The molecular weight excluding hydrogens is 181 g/mol. The number of rotatable bonds is 0. The second-order valence-corrected chi connectivity index (χ2v) is 1.95. The number of halogens is 5. The molecule has 1 aromatic rings. The first-order valence-corrected chi connectivity index (χ1v) is 2.80. The summed E-state index contributed by atoms with van der Waals surface area (Å²) in [6.45, 7) is 0. The Morgan fingerprint density at radius 1 is 1.17 bits per heavy atom. The van der Waals surface area contributed by atoms with Gasteiger partial charge in [-0.15, -0.1) is 0 Å². The number of nitrogens with zero attached hydrogens (tertiary/aromatic N) is 1. The molecule has 0 aliphatic rings. The van der Waals surface area contributed by atoms with Crippen molar-refractivity contribution < 1.29 is 22.0 Å². The Hall–Kier alpha value is -1.20. The van der Waals surface area contributed by atoms with E-state index in [1.54, 1.807) is 0 Å². The van der Waals surface area contributed by atoms with Gasteiger partial charge in [-0.05, 0) is 6.07 Å². The maximum atomic E-state index is 12.3. The van der Waals surface area contributed by atoms with Gasteiger partial charge in [0.2, 0.25) is 0 Å². The zero-order valence-electron chi connectivity index (χ0n) is 5.49. The van der Waals surface area contributed by atoms with Crippen molar-refractivity contribution in [3.05, 3.63) is 29.6 Å². The maximum Gasteiger partial charge on any atom is 0.436 e. The summed E-state index contributed by atoms with van der Waals surface area (Å²) >= 11 is 0. The predicted molar refractivity (Wildman–Crippen MR) is 29.2 cm³/mol. The second-order valence-electron chi connectivity index (χ2n) is 1.95. The quantitative estimate of drug-likeness (QED) is 0.562. The van der Waals surface area contributed by atoms with Crippen molar-refractivity contribution in [3.8, 4) is 0 Å². The summed E-state index contributed by atoms with van der Waals surface area (Å²) < 4.78 is 59.8. The van der Waals surface area contributed by atoms with Crippen LogP contribution >= 0.6 is 0 Å². The van der Waals surface area contributed by atoms with E-state index in [0.717, 1.165) is 0 Å². The molecule has 0 fully saturated rings. The highest BCUT2D eigenvalue weighted by molar-refractivity contribution is 5.12. The first-order valence-electron chi connectivity index (χ1n) is 2.80. The topological polar surface area (TPSA) is 12.9 Å². The first kappa shape index (κ1) is 8.89. The van der Waals surface area contributed by atoms with Gasteiger partial charge in [0, 0.05) is 6.20 Å². The van der Waals surface area contributed by atoms with Crippen molar-refractivity contribution in [1.29, 1.82) is 0 Å². The molecule has 1 heterocycles. The highest BCUT2D eigenvalue weighted by Gasteiger charge is 2.37. The fourth-order valence-electron chi connectivity index (χ4n) is 0.618. The molecule has 0 aliphatic carbocycles. The van der Waals surface area contributed by atoms with Crippen LogP contribution in [0, 0.1) is 11.6 Å². The molecule has 0 aliphatic heterocycles. The van der Waals surface area contributed by atoms with Crippen molar-refractivity contribution in [2.45, 2.75) is 6.18 Å². The molecule has 1 aromatic heterocycles. The third-order valence-corrected chi connectivity index (χ3v) is 1.11. The molecule has 0 saturated carbocycles. The average Bonchev–Trinajstić information content (AvgIpc) is 1.92. The molecule has 0 amide bonds. The largest absolute Gasteiger partial charge is 0.436 e. The maximum absolute atomic E-state index is 12.3. The SMILES string of the molecule is Fc1ccnc(C(F)(F)F)c1F. The summed E-state index contributed by atoms with van der Waals surface area (Å²) in [6.07, 6.45) is -4.40. The Labute approximate surface area is 63.8 Å². The average molecular weight is 183 g/mol. The van der Waals surface area contributed by atoms with Crippen molar-refractivity contribution in [2.75, 3.05) is 0 Å². The number of alkyl halides is 3. The second kappa shape index (κ2) is 2.69. The lowest BCUT2D eigenvalue weighted by Crippen LogP contribution is -2.11. The van der Waals surface area contributed by atoms with Crippen LogP contribution in [0.1, 0.15) is 5.69 Å². The third-order valence-electron chi connectivity index (χ3n) is 1.11. The molecule has 0 unspecified atom stereocenters. The van der Waals surface area contributed by atoms with E-state index in [4.69, 9.17) is 0 Å². The lowest BCUT2D eigenvalue weighted by atomic mass is 10.3. The molecule has 0 atom stereocenters. The standard InChI is InChI=1S/C6H2F5N/c7-3-1-2-12-5(4(3)8)6(9,10)11/h1-2H. The molecule has 12 heavy (non-hydrogen) atoms. The Balaban J connectivity index is 3.26. The van der Waals surface area contributed by atoms with Crippen LogP contribution in [0.25, 0.3) is 0 Å². The number of aromatic nitrogens is 1. The number of hydrogen-bond donors (Lipinski definition) is 0. The van der Waals surface area contributed by atoms with Gasteiger partial charge in [-0.1, -0.05) is 0 Å². The summed E-state index contributed by atoms with van der Waals surface area (Å²) in [6, 6.07) is 0.518. The lowest BCUT2D eigenvalue weighted by Gasteiger charge is -2.05. The zero-order valence-corrected chi connectivity index (χ0v) is 5.49. The Kier molecular flexibility index (Phi) is 1.99.